The van der Waals surface area contributed by atoms with Gasteiger partial charge in [-0.3, -0.25) is 81.5 Å². The van der Waals surface area contributed by atoms with E-state index < -0.39 is 275 Å². The van der Waals surface area contributed by atoms with Crippen LogP contribution in [-0.4, -0.2) is 289 Å². The van der Waals surface area contributed by atoms with Gasteiger partial charge in [0.05, 0.1) is 52.1 Å². The molecule has 1 fully saturated rings. The van der Waals surface area contributed by atoms with Crippen molar-refractivity contribution in [2.45, 2.75) is 177 Å². The molecule has 16 amide bonds. The standard InChI is InChI=1S/C60H93N17O26/c1-26(2)45(63)58(100)74-38(23-81)55(97)72-35(20-78)53(95)68-32(14-16-43(62)85)50(92)69-33(18-30-10-7-6-8-11-30)52(94)71-36(21-79)54(96)70-34(19-44(86)87)51(93)66-27(3)46(88)64-28(4)47(89)67-31(13-15-42(61)84)49(91)65-29(5)48(90)75-39(24-82)59(101)77-17-9-12-41(77)57(99)73-37(22-80)56(98)76-40(25-83)60(102)103/h6-8,10-11,26-29,31-41,45,78-83H,9,12-25,63H2,1-5H3,(H2,61,84)(H2,62,85)(H,64,88)(H,65,91)(H,66,93)(H,67,89)(H,68,95)(H,69,92)(H,70,96)(H,71,94)(H,72,97)(H,73,99)(H,74,100)(H,75,90)(H,76,98)(H,86,87)(H,102,103)/t27-,28-,29-,31-,32-,33-,34-,35-,36-,37-,38-,39-,40-,41-,45-/m0/s1. The van der Waals surface area contributed by atoms with Crippen LogP contribution in [0.5, 0.6) is 0 Å². The Bertz CT molecular complexity index is 3200. The molecular weight excluding hydrogens is 1370 g/mol. The maximum absolute atomic E-state index is 14.1. The average molecular weight is 1470 g/mol. The Morgan fingerprint density at radius 3 is 1.17 bits per heavy atom. The lowest BCUT2D eigenvalue weighted by atomic mass is 10.0. The summed E-state index contributed by atoms with van der Waals surface area (Å²) in [5, 5.41) is 107. The van der Waals surface area contributed by atoms with Crippen molar-refractivity contribution in [3.63, 3.8) is 0 Å². The predicted octanol–water partition coefficient (Wildman–Crippen LogP) is -13.4. The van der Waals surface area contributed by atoms with Crippen LogP contribution in [0.4, 0.5) is 0 Å². The van der Waals surface area contributed by atoms with Crippen molar-refractivity contribution < 1.29 is 127 Å². The first-order valence-electron chi connectivity index (χ1n) is 32.1. The van der Waals surface area contributed by atoms with Gasteiger partial charge in [-0.1, -0.05) is 44.2 Å². The molecule has 574 valence electrons. The highest BCUT2D eigenvalue weighted by Gasteiger charge is 2.41. The van der Waals surface area contributed by atoms with Gasteiger partial charge >= 0.3 is 11.9 Å². The second-order valence-electron chi connectivity index (χ2n) is 24.0. The van der Waals surface area contributed by atoms with Gasteiger partial charge in [-0.05, 0) is 57.9 Å². The molecule has 0 radical (unpaired) electrons. The molecule has 0 saturated carbocycles. The third kappa shape index (κ3) is 29.5. The van der Waals surface area contributed by atoms with E-state index in [1.165, 1.54) is 12.1 Å². The number of likely N-dealkylation sites (tertiary alicyclic amines) is 1. The lowest BCUT2D eigenvalue weighted by molar-refractivity contribution is -0.145. The number of carbonyl (C=O) groups excluding carboxylic acids is 16. The number of nitrogens with one attached hydrogen (secondary N) is 13. The maximum atomic E-state index is 14.1. The lowest BCUT2D eigenvalue weighted by Crippen LogP contribution is -2.61. The van der Waals surface area contributed by atoms with E-state index in [2.05, 4.69) is 58.5 Å². The molecule has 1 aromatic rings. The van der Waals surface area contributed by atoms with E-state index in [-0.39, 0.29) is 25.8 Å². The van der Waals surface area contributed by atoms with Crippen molar-refractivity contribution in [1.29, 1.82) is 0 Å². The van der Waals surface area contributed by atoms with Gasteiger partial charge in [0.1, 0.15) is 84.6 Å². The van der Waals surface area contributed by atoms with Gasteiger partial charge in [0, 0.05) is 25.8 Å². The first-order chi connectivity index (χ1) is 48.4. The Morgan fingerprint density at radius 2 is 0.748 bits per heavy atom. The molecule has 103 heavy (non-hydrogen) atoms. The number of primary amides is 2. The number of carboxylic acids is 2. The van der Waals surface area contributed by atoms with Gasteiger partial charge in [-0.25, -0.2) is 4.79 Å². The first-order valence-corrected chi connectivity index (χ1v) is 32.1. The second kappa shape index (κ2) is 43.9. The number of nitrogens with zero attached hydrogens (tertiary/aromatic N) is 1. The van der Waals surface area contributed by atoms with Gasteiger partial charge in [0.2, 0.25) is 94.5 Å². The smallest absolute Gasteiger partial charge is 0.328 e. The van der Waals surface area contributed by atoms with Crippen molar-refractivity contribution in [1.82, 2.24) is 74.0 Å². The molecule has 1 aliphatic rings. The molecule has 0 spiro atoms. The minimum absolute atomic E-state index is 0.00901. The summed E-state index contributed by atoms with van der Waals surface area (Å²) in [6, 6.07) is -17.8. The number of benzene rings is 1. The molecule has 1 aromatic carbocycles. The molecule has 0 aliphatic carbocycles. The number of nitrogens with two attached hydrogens (primary N) is 3. The number of aliphatic hydroxyl groups excluding tert-OH is 6. The van der Waals surface area contributed by atoms with E-state index in [4.69, 9.17) is 22.3 Å². The Balaban J connectivity index is 2.23. The van der Waals surface area contributed by atoms with Crippen LogP contribution in [0, 0.1) is 5.92 Å². The molecule has 0 aromatic heterocycles. The number of aliphatic hydroxyl groups is 6. The van der Waals surface area contributed by atoms with E-state index in [1.807, 2.05) is 10.6 Å². The van der Waals surface area contributed by atoms with Crippen LogP contribution in [0.2, 0.25) is 0 Å². The van der Waals surface area contributed by atoms with Crippen LogP contribution in [0.1, 0.15) is 85.1 Å². The minimum Gasteiger partial charge on any atom is -0.481 e. The number of aliphatic carboxylic acids is 2. The number of hydrogen-bond acceptors (Lipinski definition) is 25. The molecule has 0 unspecified atom stereocenters. The molecule has 1 aliphatic heterocycles. The molecule has 43 heteroatoms. The summed E-state index contributed by atoms with van der Waals surface area (Å²) < 4.78 is 0. The van der Waals surface area contributed by atoms with Gasteiger partial charge in [-0.2, -0.15) is 0 Å². The molecule has 0 bridgehead atoms. The van der Waals surface area contributed by atoms with Crippen LogP contribution >= 0.6 is 0 Å². The third-order valence-electron chi connectivity index (χ3n) is 15.5. The molecule has 43 nitrogen and oxygen atoms in total. The van der Waals surface area contributed by atoms with E-state index >= 15 is 0 Å². The third-order valence-corrected chi connectivity index (χ3v) is 15.5. The number of carbonyl (C=O) groups is 18. The highest BCUT2D eigenvalue weighted by molar-refractivity contribution is 6.01. The minimum atomic E-state index is -2.09. The Morgan fingerprint density at radius 1 is 0.417 bits per heavy atom. The first kappa shape index (κ1) is 88.5. The van der Waals surface area contributed by atoms with E-state index in [1.54, 1.807) is 32.0 Å². The SMILES string of the molecule is CC(C)[C@H](N)C(=O)N[C@@H](CO)C(=O)N[C@@H](CO)C(=O)N[C@@H](CCC(N)=O)C(=O)N[C@@H](Cc1ccccc1)C(=O)N[C@@H](CO)C(=O)N[C@@H](CC(=O)O)C(=O)N[C@@H](C)C(=O)N[C@@H](C)C(=O)N[C@@H](CCC(N)=O)C(=O)N[C@@H](C)C(=O)N[C@@H](CO)C(=O)N1CCC[C@H]1C(=O)N[C@@H](CO)C(=O)N[C@@H](CO)C(=O)O. The molecule has 1 heterocycles. The summed E-state index contributed by atoms with van der Waals surface area (Å²) in [6.45, 7) is -0.144. The zero-order chi connectivity index (χ0) is 78.1. The van der Waals surface area contributed by atoms with E-state index in [0.29, 0.717) is 5.56 Å². The van der Waals surface area contributed by atoms with Crippen LogP contribution in [-0.2, 0) is 92.7 Å². The largest absolute Gasteiger partial charge is 0.481 e. The van der Waals surface area contributed by atoms with Crippen molar-refractivity contribution >= 4 is 106 Å². The maximum Gasteiger partial charge on any atom is 0.328 e. The number of amides is 16. The van der Waals surface area contributed by atoms with Crippen LogP contribution in [0.15, 0.2) is 30.3 Å². The predicted molar refractivity (Wildman–Crippen MR) is 349 cm³/mol. The van der Waals surface area contributed by atoms with Gasteiger partial charge in [0.15, 0.2) is 0 Å². The highest BCUT2D eigenvalue weighted by Crippen LogP contribution is 2.19. The molecule has 1 saturated heterocycles. The molecule has 2 rings (SSSR count). The fraction of sp³-hybridized carbons (Fsp3) is 0.600. The van der Waals surface area contributed by atoms with Crippen molar-refractivity contribution in [2.75, 3.05) is 46.2 Å². The summed E-state index contributed by atoms with van der Waals surface area (Å²) in [6.07, 6.45) is -3.60. The summed E-state index contributed by atoms with van der Waals surface area (Å²) in [5.41, 5.74) is 16.8. The van der Waals surface area contributed by atoms with Crippen molar-refractivity contribution in [3.05, 3.63) is 35.9 Å². The number of hydrogen-bond donors (Lipinski definition) is 24. The zero-order valence-electron chi connectivity index (χ0n) is 56.8. The van der Waals surface area contributed by atoms with Crippen molar-refractivity contribution in [2.24, 2.45) is 23.1 Å². The topological polar surface area (TPSA) is 707 Å². The molecular formula is C60H93N17O26. The molecule has 27 N–H and O–H groups in total. The van der Waals surface area contributed by atoms with Crippen LogP contribution < -0.4 is 86.3 Å². The highest BCUT2D eigenvalue weighted by atomic mass is 16.4. The fourth-order valence-electron chi connectivity index (χ4n) is 9.43. The second-order valence-corrected chi connectivity index (χ2v) is 24.0. The van der Waals surface area contributed by atoms with E-state index in [9.17, 15) is 122 Å². The monoisotopic (exact) mass is 1470 g/mol. The quantitative estimate of drug-likeness (QED) is 0.0288. The van der Waals surface area contributed by atoms with Crippen LogP contribution in [0.25, 0.3) is 0 Å². The van der Waals surface area contributed by atoms with Gasteiger partial charge in [-0.15, -0.1) is 0 Å². The normalized spacial score (nSPS) is 16.6. The summed E-state index contributed by atoms with van der Waals surface area (Å²) in [4.78, 5) is 236. The summed E-state index contributed by atoms with van der Waals surface area (Å²) >= 11 is 0. The Hall–Kier alpha value is -10.6. The van der Waals surface area contributed by atoms with Crippen molar-refractivity contribution in [3.8, 4) is 0 Å². The number of rotatable bonds is 45. The summed E-state index contributed by atoms with van der Waals surface area (Å²) in [7, 11) is 0. The Labute approximate surface area is 587 Å². The number of carboxylic acid groups (broad SMARTS) is 2. The zero-order valence-corrected chi connectivity index (χ0v) is 56.8. The van der Waals surface area contributed by atoms with Gasteiger partial charge < -0.3 is 132 Å². The van der Waals surface area contributed by atoms with E-state index in [0.717, 1.165) is 25.7 Å². The van der Waals surface area contributed by atoms with Gasteiger partial charge in [0.25, 0.3) is 0 Å². The summed E-state index contributed by atoms with van der Waals surface area (Å²) in [5.74, 6) is -21.9. The fourth-order valence-corrected chi connectivity index (χ4v) is 9.43. The molecule has 15 atom stereocenters. The average Bonchev–Trinajstić information content (AvgIpc) is 1.75. The Kier molecular flexibility index (Phi) is 37.7. The lowest BCUT2D eigenvalue weighted by Gasteiger charge is -2.29. The van der Waals surface area contributed by atoms with Crippen LogP contribution in [0.3, 0.4) is 0 Å².